The molecule has 0 saturated carbocycles. The molecule has 1 aromatic heterocycles. The fourth-order valence-electron chi connectivity index (χ4n) is 2.40. The van der Waals surface area contributed by atoms with Crippen LogP contribution in [0.2, 0.25) is 0 Å². The van der Waals surface area contributed by atoms with Crippen LogP contribution in [-0.2, 0) is 5.41 Å². The topological polar surface area (TPSA) is 15.8 Å². The molecule has 102 valence electrons. The minimum atomic E-state index is -0.214. The van der Waals surface area contributed by atoms with Crippen LogP contribution in [0.5, 0.6) is 0 Å². The number of aromatic nitrogens is 1. The number of hydrogen-bond donors (Lipinski definition) is 1. The number of benzene rings is 2. The number of fused-ring (bicyclic) bond motifs is 1. The van der Waals surface area contributed by atoms with Crippen LogP contribution < -0.4 is 0 Å². The van der Waals surface area contributed by atoms with E-state index in [0.717, 1.165) is 22.2 Å². The molecule has 0 radical (unpaired) electrons. The molecule has 1 heterocycles. The van der Waals surface area contributed by atoms with Gasteiger partial charge in [-0.05, 0) is 40.8 Å². The molecule has 0 aliphatic rings. The third-order valence-electron chi connectivity index (χ3n) is 3.65. The third-order valence-corrected chi connectivity index (χ3v) is 3.65. The lowest BCUT2D eigenvalue weighted by Crippen LogP contribution is -2.10. The van der Waals surface area contributed by atoms with Gasteiger partial charge in [0.15, 0.2) is 0 Å². The van der Waals surface area contributed by atoms with Gasteiger partial charge in [-0.2, -0.15) is 0 Å². The maximum Gasteiger partial charge on any atom is 0.125 e. The molecule has 0 fully saturated rings. The molecule has 0 aliphatic heterocycles. The lowest BCUT2D eigenvalue weighted by molar-refractivity contribution is 0.590. The van der Waals surface area contributed by atoms with Crippen molar-refractivity contribution in [2.75, 3.05) is 0 Å². The van der Waals surface area contributed by atoms with Gasteiger partial charge in [-0.3, -0.25) is 0 Å². The minimum absolute atomic E-state index is 0.155. The van der Waals surface area contributed by atoms with Crippen LogP contribution in [0.15, 0.2) is 48.5 Å². The van der Waals surface area contributed by atoms with Crippen LogP contribution in [0.25, 0.3) is 22.2 Å². The first-order valence-corrected chi connectivity index (χ1v) is 6.83. The number of aromatic amines is 1. The molecule has 1 nitrogen and oxygen atoms in total. The molecule has 0 aliphatic carbocycles. The summed E-state index contributed by atoms with van der Waals surface area (Å²) in [5, 5.41) is 1.03. The van der Waals surface area contributed by atoms with E-state index in [4.69, 9.17) is 0 Å². The Morgan fingerprint density at radius 1 is 0.900 bits per heavy atom. The summed E-state index contributed by atoms with van der Waals surface area (Å²) in [5.41, 5.74) is 4.44. The first-order valence-electron chi connectivity index (χ1n) is 6.83. The van der Waals surface area contributed by atoms with Gasteiger partial charge in [-0.25, -0.2) is 4.39 Å². The zero-order chi connectivity index (χ0) is 14.3. The van der Waals surface area contributed by atoms with Gasteiger partial charge in [-0.15, -0.1) is 0 Å². The summed E-state index contributed by atoms with van der Waals surface area (Å²) in [6.45, 7) is 6.61. The van der Waals surface area contributed by atoms with Gasteiger partial charge in [0.25, 0.3) is 0 Å². The summed E-state index contributed by atoms with van der Waals surface area (Å²) >= 11 is 0. The number of hydrogen-bond acceptors (Lipinski definition) is 0. The fraction of sp³-hybridized carbons (Fsp3) is 0.222. The second-order valence-electron chi connectivity index (χ2n) is 6.24. The average molecular weight is 267 g/mol. The average Bonchev–Trinajstić information content (AvgIpc) is 2.80. The highest BCUT2D eigenvalue weighted by Crippen LogP contribution is 2.28. The van der Waals surface area contributed by atoms with E-state index in [0.29, 0.717) is 0 Å². The standard InChI is InChI=1S/C18H18FN/c1-18(2,3)14-7-4-12(5-8-14)16-10-13-6-9-15(19)11-17(13)20-16/h4-11,20H,1-3H3. The number of H-pyrrole nitrogens is 1. The Balaban J connectivity index is 2.02. The fourth-order valence-corrected chi connectivity index (χ4v) is 2.40. The molecule has 1 N–H and O–H groups in total. The van der Waals surface area contributed by atoms with Crippen molar-refractivity contribution in [2.24, 2.45) is 0 Å². The molecule has 2 heteroatoms. The number of nitrogens with one attached hydrogen (secondary N) is 1. The molecule has 0 spiro atoms. The Bertz CT molecular complexity index is 745. The highest BCUT2D eigenvalue weighted by molar-refractivity contribution is 5.85. The van der Waals surface area contributed by atoms with Crippen molar-refractivity contribution >= 4 is 10.9 Å². The van der Waals surface area contributed by atoms with Gasteiger partial charge >= 0.3 is 0 Å². The molecule has 20 heavy (non-hydrogen) atoms. The first kappa shape index (κ1) is 12.9. The van der Waals surface area contributed by atoms with Crippen molar-refractivity contribution in [1.29, 1.82) is 0 Å². The molecule has 3 aromatic rings. The van der Waals surface area contributed by atoms with E-state index in [-0.39, 0.29) is 11.2 Å². The van der Waals surface area contributed by atoms with E-state index in [2.05, 4.69) is 56.1 Å². The third kappa shape index (κ3) is 2.34. The Hall–Kier alpha value is -2.09. The molecular weight excluding hydrogens is 249 g/mol. The summed E-state index contributed by atoms with van der Waals surface area (Å²) in [4.78, 5) is 3.27. The van der Waals surface area contributed by atoms with Crippen LogP contribution in [0.1, 0.15) is 26.3 Å². The van der Waals surface area contributed by atoms with Crippen molar-refractivity contribution in [3.05, 3.63) is 59.9 Å². The van der Waals surface area contributed by atoms with E-state index in [1.165, 1.54) is 17.7 Å². The summed E-state index contributed by atoms with van der Waals surface area (Å²) in [6, 6.07) is 15.4. The second kappa shape index (κ2) is 4.48. The van der Waals surface area contributed by atoms with Crippen LogP contribution in [0.3, 0.4) is 0 Å². The Labute approximate surface area is 118 Å². The van der Waals surface area contributed by atoms with Crippen molar-refractivity contribution in [1.82, 2.24) is 4.98 Å². The maximum absolute atomic E-state index is 13.2. The Morgan fingerprint density at radius 2 is 1.60 bits per heavy atom. The van der Waals surface area contributed by atoms with Crippen molar-refractivity contribution in [2.45, 2.75) is 26.2 Å². The van der Waals surface area contributed by atoms with Gasteiger partial charge < -0.3 is 4.98 Å². The maximum atomic E-state index is 13.2. The highest BCUT2D eigenvalue weighted by atomic mass is 19.1. The zero-order valence-electron chi connectivity index (χ0n) is 12.0. The smallest absolute Gasteiger partial charge is 0.125 e. The van der Waals surface area contributed by atoms with E-state index >= 15 is 0 Å². The normalized spacial score (nSPS) is 12.0. The van der Waals surface area contributed by atoms with Crippen LogP contribution in [0, 0.1) is 5.82 Å². The van der Waals surface area contributed by atoms with E-state index in [1.54, 1.807) is 6.07 Å². The van der Waals surface area contributed by atoms with Gasteiger partial charge in [-0.1, -0.05) is 45.0 Å². The minimum Gasteiger partial charge on any atom is -0.354 e. The van der Waals surface area contributed by atoms with E-state index in [1.807, 2.05) is 0 Å². The summed E-state index contributed by atoms with van der Waals surface area (Å²) in [7, 11) is 0. The SMILES string of the molecule is CC(C)(C)c1ccc(-c2cc3ccc(F)cc3[nH]2)cc1. The second-order valence-corrected chi connectivity index (χ2v) is 6.24. The van der Waals surface area contributed by atoms with Crippen LogP contribution in [0.4, 0.5) is 4.39 Å². The number of halogens is 1. The molecule has 0 bridgehead atoms. The first-order chi connectivity index (χ1) is 9.43. The quantitative estimate of drug-likeness (QED) is 0.618. The summed E-state index contributed by atoms with van der Waals surface area (Å²) in [5.74, 6) is -0.214. The highest BCUT2D eigenvalue weighted by Gasteiger charge is 2.13. The molecular formula is C18H18FN. The van der Waals surface area contributed by atoms with Gasteiger partial charge in [0.2, 0.25) is 0 Å². The molecule has 0 saturated heterocycles. The largest absolute Gasteiger partial charge is 0.354 e. The lowest BCUT2D eigenvalue weighted by Gasteiger charge is -2.19. The lowest BCUT2D eigenvalue weighted by atomic mass is 9.86. The van der Waals surface area contributed by atoms with E-state index in [9.17, 15) is 4.39 Å². The van der Waals surface area contributed by atoms with Gasteiger partial charge in [0, 0.05) is 16.6 Å². The predicted molar refractivity (Wildman–Crippen MR) is 82.4 cm³/mol. The Morgan fingerprint density at radius 3 is 2.25 bits per heavy atom. The zero-order valence-corrected chi connectivity index (χ0v) is 12.0. The predicted octanol–water partition coefficient (Wildman–Crippen LogP) is 5.27. The Kier molecular flexibility index (Phi) is 2.89. The van der Waals surface area contributed by atoms with Gasteiger partial charge in [0.05, 0.1) is 0 Å². The molecule has 0 atom stereocenters. The van der Waals surface area contributed by atoms with Crippen LogP contribution >= 0.6 is 0 Å². The van der Waals surface area contributed by atoms with Crippen LogP contribution in [-0.4, -0.2) is 4.98 Å². The number of rotatable bonds is 1. The van der Waals surface area contributed by atoms with Crippen molar-refractivity contribution in [3.63, 3.8) is 0 Å². The molecule has 0 unspecified atom stereocenters. The molecule has 3 rings (SSSR count). The van der Waals surface area contributed by atoms with Crippen molar-refractivity contribution < 1.29 is 4.39 Å². The monoisotopic (exact) mass is 267 g/mol. The van der Waals surface area contributed by atoms with Gasteiger partial charge in [0.1, 0.15) is 5.82 Å². The summed E-state index contributed by atoms with van der Waals surface area (Å²) < 4.78 is 13.2. The summed E-state index contributed by atoms with van der Waals surface area (Å²) in [6.07, 6.45) is 0. The molecule has 0 amide bonds. The molecule has 2 aromatic carbocycles. The van der Waals surface area contributed by atoms with Crippen molar-refractivity contribution in [3.8, 4) is 11.3 Å². The van der Waals surface area contributed by atoms with E-state index < -0.39 is 0 Å².